The van der Waals surface area contributed by atoms with E-state index in [1.807, 2.05) is 6.92 Å². The molecular formula is C20H27N3O5S2. The van der Waals surface area contributed by atoms with E-state index in [9.17, 15) is 18.0 Å². The van der Waals surface area contributed by atoms with Crippen LogP contribution in [0.2, 0.25) is 0 Å². The topological polar surface area (TPSA) is 96.0 Å². The van der Waals surface area contributed by atoms with Gasteiger partial charge in [-0.25, -0.2) is 8.42 Å². The number of methoxy groups -OCH3 is 1. The minimum Gasteiger partial charge on any atom is -0.495 e. The summed E-state index contributed by atoms with van der Waals surface area (Å²) in [6.07, 6.45) is 3.88. The third kappa shape index (κ3) is 3.69. The molecule has 2 amide bonds. The zero-order valence-electron chi connectivity index (χ0n) is 17.2. The normalized spacial score (nSPS) is 27.2. The second kappa shape index (κ2) is 8.05. The number of benzene rings is 1. The van der Waals surface area contributed by atoms with Crippen molar-refractivity contribution in [2.75, 3.05) is 31.3 Å². The lowest BCUT2D eigenvalue weighted by atomic mass is 10.2. The third-order valence-corrected chi connectivity index (χ3v) is 9.54. The molecule has 1 N–H and O–H groups in total. The van der Waals surface area contributed by atoms with E-state index in [1.165, 1.54) is 17.5 Å². The fourth-order valence-electron chi connectivity index (χ4n) is 4.44. The summed E-state index contributed by atoms with van der Waals surface area (Å²) in [4.78, 5) is 26.7. The lowest BCUT2D eigenvalue weighted by Gasteiger charge is -2.30. The number of hydrogen-bond acceptors (Lipinski definition) is 6. The number of thioether (sulfide) groups is 1. The van der Waals surface area contributed by atoms with Crippen molar-refractivity contribution >= 4 is 39.3 Å². The molecule has 0 saturated carbocycles. The number of nitrogens with zero attached hydrogens (tertiary/aromatic N) is 2. The van der Waals surface area contributed by atoms with E-state index in [1.54, 1.807) is 28.8 Å². The summed E-state index contributed by atoms with van der Waals surface area (Å²) in [5.74, 6) is 0.472. The van der Waals surface area contributed by atoms with Crippen LogP contribution in [-0.2, 0) is 19.6 Å². The Balaban J connectivity index is 1.58. The van der Waals surface area contributed by atoms with Crippen molar-refractivity contribution in [2.45, 2.75) is 54.8 Å². The molecule has 1 aromatic carbocycles. The number of carbonyl (C=O) groups is 2. The fraction of sp³-hybridized carbons (Fsp3) is 0.600. The second-order valence-corrected chi connectivity index (χ2v) is 11.5. The van der Waals surface area contributed by atoms with E-state index >= 15 is 0 Å². The number of amides is 2. The number of hydrogen-bond donors (Lipinski definition) is 1. The van der Waals surface area contributed by atoms with E-state index in [0.29, 0.717) is 31.0 Å². The Kier molecular flexibility index (Phi) is 5.75. The molecule has 0 radical (unpaired) electrons. The summed E-state index contributed by atoms with van der Waals surface area (Å²) in [6.45, 7) is 2.96. The van der Waals surface area contributed by atoms with Gasteiger partial charge in [-0.3, -0.25) is 9.59 Å². The van der Waals surface area contributed by atoms with E-state index < -0.39 is 16.1 Å². The Bertz CT molecular complexity index is 961. The number of piperidine rings is 1. The zero-order chi connectivity index (χ0) is 21.5. The van der Waals surface area contributed by atoms with Crippen LogP contribution in [0.5, 0.6) is 5.75 Å². The van der Waals surface area contributed by atoms with E-state index in [2.05, 4.69) is 5.32 Å². The van der Waals surface area contributed by atoms with Crippen LogP contribution in [0.25, 0.3) is 0 Å². The molecule has 0 spiro atoms. The summed E-state index contributed by atoms with van der Waals surface area (Å²) >= 11 is 1.62. The predicted octanol–water partition coefficient (Wildman–Crippen LogP) is 2.26. The number of carbonyl (C=O) groups excluding carboxylic acids is 2. The molecule has 30 heavy (non-hydrogen) atoms. The van der Waals surface area contributed by atoms with Crippen molar-refractivity contribution in [3.05, 3.63) is 18.2 Å². The Morgan fingerprint density at radius 1 is 1.27 bits per heavy atom. The molecule has 3 aliphatic rings. The minimum absolute atomic E-state index is 0.00857. The Hall–Kier alpha value is -1.78. The first-order valence-electron chi connectivity index (χ1n) is 10.2. The summed E-state index contributed by atoms with van der Waals surface area (Å²) in [5.41, 5.74) is 0.377. The molecule has 0 bridgehead atoms. The monoisotopic (exact) mass is 453 g/mol. The fourth-order valence-corrected chi connectivity index (χ4v) is 7.57. The standard InChI is InChI=1S/C20H27N3O5S2/c1-20-9-8-18(24)23(20)15(13-29-20)19(25)21-14-6-7-16(28-2)17(12-14)30(26,27)22-10-4-3-5-11-22/h6-7,12,15H,3-5,8-11,13H2,1-2H3,(H,21,25)/t15-,20+/m1/s1. The highest BCUT2D eigenvalue weighted by atomic mass is 32.2. The highest BCUT2D eigenvalue weighted by Crippen LogP contribution is 2.47. The first kappa shape index (κ1) is 21.5. The SMILES string of the molecule is COc1ccc(NC(=O)[C@H]2CS[C@@]3(C)CCC(=O)N23)cc1S(=O)(=O)N1CCCCC1. The van der Waals surface area contributed by atoms with E-state index in [4.69, 9.17) is 4.74 Å². The number of anilines is 1. The number of fused-ring (bicyclic) bond motifs is 1. The van der Waals surface area contributed by atoms with Crippen LogP contribution < -0.4 is 10.1 Å². The molecule has 3 fully saturated rings. The predicted molar refractivity (Wildman–Crippen MR) is 115 cm³/mol. The molecule has 0 unspecified atom stereocenters. The highest BCUT2D eigenvalue weighted by molar-refractivity contribution is 8.01. The van der Waals surface area contributed by atoms with Gasteiger partial charge in [-0.2, -0.15) is 4.31 Å². The Morgan fingerprint density at radius 2 is 2.00 bits per heavy atom. The molecule has 10 heteroatoms. The van der Waals surface area contributed by atoms with Crippen molar-refractivity contribution in [1.29, 1.82) is 0 Å². The average molecular weight is 454 g/mol. The molecule has 3 aliphatic heterocycles. The van der Waals surface area contributed by atoms with Gasteiger partial charge in [0.2, 0.25) is 21.8 Å². The van der Waals surface area contributed by atoms with Crippen LogP contribution in [0, 0.1) is 0 Å². The van der Waals surface area contributed by atoms with Gasteiger partial charge in [0.15, 0.2) is 0 Å². The highest BCUT2D eigenvalue weighted by Gasteiger charge is 2.52. The molecule has 2 atom stereocenters. The van der Waals surface area contributed by atoms with Crippen molar-refractivity contribution in [3.63, 3.8) is 0 Å². The van der Waals surface area contributed by atoms with Gasteiger partial charge in [-0.1, -0.05) is 6.42 Å². The van der Waals surface area contributed by atoms with Crippen LogP contribution in [0.4, 0.5) is 5.69 Å². The molecule has 4 rings (SSSR count). The maximum atomic E-state index is 13.2. The molecule has 0 aliphatic carbocycles. The molecule has 3 heterocycles. The number of sulfonamides is 1. The van der Waals surface area contributed by atoms with Crippen LogP contribution >= 0.6 is 11.8 Å². The van der Waals surface area contributed by atoms with Crippen molar-refractivity contribution < 1.29 is 22.7 Å². The van der Waals surface area contributed by atoms with Crippen molar-refractivity contribution in [3.8, 4) is 5.75 Å². The van der Waals surface area contributed by atoms with Gasteiger partial charge in [0.1, 0.15) is 16.7 Å². The van der Waals surface area contributed by atoms with Gasteiger partial charge >= 0.3 is 0 Å². The Morgan fingerprint density at radius 3 is 2.70 bits per heavy atom. The van der Waals surface area contributed by atoms with Crippen LogP contribution in [-0.4, -0.2) is 66.3 Å². The smallest absolute Gasteiger partial charge is 0.248 e. The number of ether oxygens (including phenoxy) is 1. The largest absolute Gasteiger partial charge is 0.495 e. The Labute approximate surface area is 181 Å². The van der Waals surface area contributed by atoms with Crippen molar-refractivity contribution in [1.82, 2.24) is 9.21 Å². The quantitative estimate of drug-likeness (QED) is 0.735. The van der Waals surface area contributed by atoms with Crippen molar-refractivity contribution in [2.24, 2.45) is 0 Å². The minimum atomic E-state index is -3.73. The number of rotatable bonds is 5. The van der Waals surface area contributed by atoms with Gasteiger partial charge in [0.05, 0.1) is 12.0 Å². The first-order chi connectivity index (χ1) is 14.3. The van der Waals surface area contributed by atoms with Crippen LogP contribution in [0.1, 0.15) is 39.0 Å². The molecule has 1 aromatic rings. The summed E-state index contributed by atoms with van der Waals surface area (Å²) in [6, 6.07) is 4.08. The lowest BCUT2D eigenvalue weighted by Crippen LogP contribution is -2.48. The summed E-state index contributed by atoms with van der Waals surface area (Å²) in [7, 11) is -2.30. The number of nitrogens with one attached hydrogen (secondary N) is 1. The zero-order valence-corrected chi connectivity index (χ0v) is 18.9. The lowest BCUT2D eigenvalue weighted by molar-refractivity contribution is -0.135. The van der Waals surface area contributed by atoms with Crippen LogP contribution in [0.3, 0.4) is 0 Å². The first-order valence-corrected chi connectivity index (χ1v) is 12.6. The van der Waals surface area contributed by atoms with Gasteiger partial charge in [0.25, 0.3) is 0 Å². The third-order valence-electron chi connectivity index (χ3n) is 6.11. The maximum absolute atomic E-state index is 13.2. The molecule has 8 nitrogen and oxygen atoms in total. The second-order valence-electron chi connectivity index (χ2n) is 8.09. The van der Waals surface area contributed by atoms with Gasteiger partial charge in [0, 0.05) is 31.0 Å². The molecule has 3 saturated heterocycles. The summed E-state index contributed by atoms with van der Waals surface area (Å²) in [5, 5.41) is 2.82. The van der Waals surface area contributed by atoms with Gasteiger partial charge in [-0.05, 0) is 44.4 Å². The van der Waals surface area contributed by atoms with Gasteiger partial charge < -0.3 is 15.0 Å². The maximum Gasteiger partial charge on any atom is 0.248 e. The molecule has 164 valence electrons. The molecule has 0 aromatic heterocycles. The van der Waals surface area contributed by atoms with E-state index in [0.717, 1.165) is 25.7 Å². The summed E-state index contributed by atoms with van der Waals surface area (Å²) < 4.78 is 33.1. The average Bonchev–Trinajstić information content (AvgIpc) is 3.24. The van der Waals surface area contributed by atoms with E-state index in [-0.39, 0.29) is 27.3 Å². The molecular weight excluding hydrogens is 426 g/mol. The van der Waals surface area contributed by atoms with Gasteiger partial charge in [-0.15, -0.1) is 11.8 Å². The van der Waals surface area contributed by atoms with Crippen LogP contribution in [0.15, 0.2) is 23.1 Å².